The largest absolute Gasteiger partial charge is 0.333 e. The lowest BCUT2D eigenvalue weighted by Gasteiger charge is -2.43. The molecule has 3 rings (SSSR count). The zero-order chi connectivity index (χ0) is 17.0. The lowest BCUT2D eigenvalue weighted by Crippen LogP contribution is -2.50. The molecule has 126 valence electrons. The molecule has 1 aromatic carbocycles. The maximum Gasteiger partial charge on any atom is 0.223 e. The second kappa shape index (κ2) is 7.19. The molecule has 1 aliphatic carbocycles. The highest BCUT2D eigenvalue weighted by Crippen LogP contribution is 2.42. The van der Waals surface area contributed by atoms with Gasteiger partial charge in [0.15, 0.2) is 0 Å². The van der Waals surface area contributed by atoms with E-state index in [1.54, 1.807) is 0 Å². The first-order chi connectivity index (χ1) is 11.7. The SMILES string of the molecule is C=CCN1C(=O)CCC12CCC(NCc1cccc(C#N)c1)CC2. The maximum absolute atomic E-state index is 12.1. The Labute approximate surface area is 144 Å². The summed E-state index contributed by atoms with van der Waals surface area (Å²) in [6.45, 7) is 5.27. The quantitative estimate of drug-likeness (QED) is 0.847. The Hall–Kier alpha value is -2.12. The van der Waals surface area contributed by atoms with E-state index in [-0.39, 0.29) is 11.4 Å². The number of hydrogen-bond donors (Lipinski definition) is 1. The van der Waals surface area contributed by atoms with Crippen molar-refractivity contribution < 1.29 is 4.79 Å². The van der Waals surface area contributed by atoms with Crippen molar-refractivity contribution in [3.63, 3.8) is 0 Å². The number of carbonyl (C=O) groups is 1. The minimum absolute atomic E-state index is 0.0736. The van der Waals surface area contributed by atoms with Gasteiger partial charge in [-0.25, -0.2) is 0 Å². The lowest BCUT2D eigenvalue weighted by molar-refractivity contribution is -0.131. The summed E-state index contributed by atoms with van der Waals surface area (Å²) in [5.74, 6) is 0.287. The van der Waals surface area contributed by atoms with Gasteiger partial charge in [-0.2, -0.15) is 5.26 Å². The van der Waals surface area contributed by atoms with E-state index in [0.717, 1.165) is 44.2 Å². The number of nitrogens with zero attached hydrogens (tertiary/aromatic N) is 2. The molecule has 1 amide bonds. The van der Waals surface area contributed by atoms with Gasteiger partial charge in [0.2, 0.25) is 5.91 Å². The fourth-order valence-electron chi connectivity index (χ4n) is 4.19. The molecule has 24 heavy (non-hydrogen) atoms. The van der Waals surface area contributed by atoms with Crippen molar-refractivity contribution in [3.05, 3.63) is 48.0 Å². The highest BCUT2D eigenvalue weighted by atomic mass is 16.2. The fraction of sp³-hybridized carbons (Fsp3) is 0.500. The molecule has 1 saturated carbocycles. The maximum atomic E-state index is 12.1. The molecule has 1 heterocycles. The van der Waals surface area contributed by atoms with Crippen molar-refractivity contribution in [2.24, 2.45) is 0 Å². The van der Waals surface area contributed by atoms with Crippen molar-refractivity contribution in [1.82, 2.24) is 10.2 Å². The van der Waals surface area contributed by atoms with E-state index < -0.39 is 0 Å². The molecule has 1 aliphatic heterocycles. The Morgan fingerprint density at radius 1 is 1.38 bits per heavy atom. The van der Waals surface area contributed by atoms with Crippen molar-refractivity contribution in [2.45, 2.75) is 56.7 Å². The predicted molar refractivity (Wildman–Crippen MR) is 94.1 cm³/mol. The van der Waals surface area contributed by atoms with Crippen molar-refractivity contribution >= 4 is 5.91 Å². The molecule has 0 aromatic heterocycles. The zero-order valence-electron chi connectivity index (χ0n) is 14.1. The third-order valence-electron chi connectivity index (χ3n) is 5.56. The van der Waals surface area contributed by atoms with Gasteiger partial charge in [0, 0.05) is 31.1 Å². The molecule has 2 aliphatic rings. The Balaban J connectivity index is 1.54. The van der Waals surface area contributed by atoms with Crippen molar-refractivity contribution in [2.75, 3.05) is 6.54 Å². The third-order valence-corrected chi connectivity index (χ3v) is 5.56. The average molecular weight is 323 g/mol. The Morgan fingerprint density at radius 3 is 2.88 bits per heavy atom. The average Bonchev–Trinajstić information content (AvgIpc) is 2.92. The molecular weight excluding hydrogens is 298 g/mol. The monoisotopic (exact) mass is 323 g/mol. The summed E-state index contributed by atoms with van der Waals surface area (Å²) in [4.78, 5) is 14.2. The van der Waals surface area contributed by atoms with Gasteiger partial charge < -0.3 is 10.2 Å². The molecule has 1 aromatic rings. The van der Waals surface area contributed by atoms with E-state index in [1.165, 1.54) is 0 Å². The zero-order valence-corrected chi connectivity index (χ0v) is 14.1. The molecule has 1 N–H and O–H groups in total. The number of benzene rings is 1. The Bertz CT molecular complexity index is 653. The smallest absolute Gasteiger partial charge is 0.223 e. The van der Waals surface area contributed by atoms with Crippen LogP contribution in [0, 0.1) is 11.3 Å². The summed E-state index contributed by atoms with van der Waals surface area (Å²) in [5, 5.41) is 12.6. The second-order valence-corrected chi connectivity index (χ2v) is 6.98. The number of hydrogen-bond acceptors (Lipinski definition) is 3. The first kappa shape index (κ1) is 16.7. The number of carbonyl (C=O) groups excluding carboxylic acids is 1. The van der Waals surface area contributed by atoms with Gasteiger partial charge in [0.25, 0.3) is 0 Å². The van der Waals surface area contributed by atoms with Crippen LogP contribution in [0.15, 0.2) is 36.9 Å². The van der Waals surface area contributed by atoms with Crippen LogP contribution in [0.5, 0.6) is 0 Å². The van der Waals surface area contributed by atoms with Crippen molar-refractivity contribution in [1.29, 1.82) is 5.26 Å². The summed E-state index contributed by atoms with van der Waals surface area (Å²) in [7, 11) is 0. The van der Waals surface area contributed by atoms with Crippen LogP contribution in [0.25, 0.3) is 0 Å². The first-order valence-corrected chi connectivity index (χ1v) is 8.81. The summed E-state index contributed by atoms with van der Waals surface area (Å²) in [6, 6.07) is 10.4. The van der Waals surface area contributed by atoms with Gasteiger partial charge in [-0.3, -0.25) is 4.79 Å². The van der Waals surface area contributed by atoms with Gasteiger partial charge in [-0.15, -0.1) is 6.58 Å². The molecule has 4 heteroatoms. The van der Waals surface area contributed by atoms with Gasteiger partial charge in [-0.05, 0) is 49.8 Å². The topological polar surface area (TPSA) is 56.1 Å². The van der Waals surface area contributed by atoms with E-state index in [9.17, 15) is 4.79 Å². The molecule has 0 unspecified atom stereocenters. The second-order valence-electron chi connectivity index (χ2n) is 6.98. The molecule has 2 fully saturated rings. The highest BCUT2D eigenvalue weighted by molar-refractivity contribution is 5.80. The van der Waals surface area contributed by atoms with Crippen LogP contribution in [0.1, 0.15) is 49.7 Å². The van der Waals surface area contributed by atoms with E-state index in [4.69, 9.17) is 5.26 Å². The summed E-state index contributed by atoms with van der Waals surface area (Å²) in [5.41, 5.74) is 1.93. The van der Waals surface area contributed by atoms with Crippen LogP contribution in [0.3, 0.4) is 0 Å². The summed E-state index contributed by atoms with van der Waals surface area (Å²) < 4.78 is 0. The number of nitriles is 1. The minimum atomic E-state index is 0.0736. The van der Waals surface area contributed by atoms with Crippen LogP contribution in [-0.4, -0.2) is 28.9 Å². The van der Waals surface area contributed by atoms with Gasteiger partial charge in [0.1, 0.15) is 0 Å². The van der Waals surface area contributed by atoms with E-state index in [2.05, 4.69) is 28.9 Å². The van der Waals surface area contributed by atoms with Gasteiger partial charge >= 0.3 is 0 Å². The third kappa shape index (κ3) is 3.37. The molecule has 0 bridgehead atoms. The van der Waals surface area contributed by atoms with Crippen LogP contribution in [-0.2, 0) is 11.3 Å². The number of rotatable bonds is 5. The van der Waals surface area contributed by atoms with Crippen molar-refractivity contribution in [3.8, 4) is 6.07 Å². The van der Waals surface area contributed by atoms with Crippen LogP contribution >= 0.6 is 0 Å². The highest BCUT2D eigenvalue weighted by Gasteiger charge is 2.46. The lowest BCUT2D eigenvalue weighted by atomic mass is 9.77. The Morgan fingerprint density at radius 2 is 2.17 bits per heavy atom. The predicted octanol–water partition coefficient (Wildman–Crippen LogP) is 3.14. The molecule has 0 radical (unpaired) electrons. The molecular formula is C20H25N3O. The number of amides is 1. The van der Waals surface area contributed by atoms with Gasteiger partial charge in [0.05, 0.1) is 11.6 Å². The molecule has 1 spiro atoms. The summed E-state index contributed by atoms with van der Waals surface area (Å²) >= 11 is 0. The fourth-order valence-corrected chi connectivity index (χ4v) is 4.19. The standard InChI is InChI=1S/C20H25N3O/c1-2-12-23-19(24)8-11-20(23)9-6-18(7-10-20)22-15-17-5-3-4-16(13-17)14-21/h2-5,13,18,22H,1,6-12,15H2. The molecule has 4 nitrogen and oxygen atoms in total. The Kier molecular flexibility index (Phi) is 5.01. The van der Waals surface area contributed by atoms with Crippen LogP contribution in [0.2, 0.25) is 0 Å². The van der Waals surface area contributed by atoms with E-state index in [1.807, 2.05) is 24.3 Å². The molecule has 0 atom stereocenters. The number of likely N-dealkylation sites (tertiary alicyclic amines) is 1. The van der Waals surface area contributed by atoms with E-state index in [0.29, 0.717) is 24.6 Å². The minimum Gasteiger partial charge on any atom is -0.333 e. The molecule has 1 saturated heterocycles. The summed E-state index contributed by atoms with van der Waals surface area (Å²) in [6.07, 6.45) is 7.86. The van der Waals surface area contributed by atoms with Crippen LogP contribution in [0.4, 0.5) is 0 Å². The van der Waals surface area contributed by atoms with E-state index >= 15 is 0 Å². The van der Waals surface area contributed by atoms with Gasteiger partial charge in [-0.1, -0.05) is 18.2 Å². The van der Waals surface area contributed by atoms with Crippen LogP contribution < -0.4 is 5.32 Å². The number of nitrogens with one attached hydrogen (secondary N) is 1. The normalized spacial score (nSPS) is 26.5. The first-order valence-electron chi connectivity index (χ1n) is 8.81.